The van der Waals surface area contributed by atoms with Gasteiger partial charge in [-0.3, -0.25) is 4.90 Å². The normalized spacial score (nSPS) is 19.0. The van der Waals surface area contributed by atoms with Crippen molar-refractivity contribution >= 4 is 5.97 Å². The van der Waals surface area contributed by atoms with Gasteiger partial charge in [-0.05, 0) is 49.4 Å². The number of halogens is 1. The smallest absolute Gasteiger partial charge is 0.338 e. The summed E-state index contributed by atoms with van der Waals surface area (Å²) in [7, 11) is 0. The second-order valence-corrected chi connectivity index (χ2v) is 8.26. The molecular formula is C25H30FNO4. The van der Waals surface area contributed by atoms with Crippen LogP contribution in [0, 0.1) is 5.82 Å². The van der Waals surface area contributed by atoms with Crippen LogP contribution in [0.1, 0.15) is 48.0 Å². The van der Waals surface area contributed by atoms with Crippen LogP contribution in [-0.4, -0.2) is 50.3 Å². The number of rotatable bonds is 7. The first kappa shape index (κ1) is 21.8. The molecule has 4 rings (SSSR count). The summed E-state index contributed by atoms with van der Waals surface area (Å²) in [5.74, 6) is -0.824. The zero-order valence-corrected chi connectivity index (χ0v) is 17.9. The Hall–Kier alpha value is -2.44. The molecule has 0 unspecified atom stereocenters. The van der Waals surface area contributed by atoms with E-state index in [1.807, 2.05) is 30.3 Å². The maximum Gasteiger partial charge on any atom is 0.338 e. The van der Waals surface area contributed by atoms with Gasteiger partial charge in [0.1, 0.15) is 12.2 Å². The van der Waals surface area contributed by atoms with Gasteiger partial charge < -0.3 is 14.2 Å². The fourth-order valence-electron chi connectivity index (χ4n) is 4.41. The van der Waals surface area contributed by atoms with Crippen molar-refractivity contribution in [2.75, 3.05) is 39.5 Å². The molecule has 0 amide bonds. The Kier molecular flexibility index (Phi) is 7.20. The fraction of sp³-hybridized carbons (Fsp3) is 0.480. The number of nitrogens with zero attached hydrogens (tertiary/aromatic N) is 1. The first-order valence-corrected chi connectivity index (χ1v) is 11.2. The van der Waals surface area contributed by atoms with Crippen molar-refractivity contribution in [1.82, 2.24) is 4.90 Å². The summed E-state index contributed by atoms with van der Waals surface area (Å²) in [6, 6.07) is 14.2. The van der Waals surface area contributed by atoms with Crippen molar-refractivity contribution in [2.45, 2.75) is 37.7 Å². The molecule has 1 aliphatic heterocycles. The van der Waals surface area contributed by atoms with Gasteiger partial charge in [0, 0.05) is 19.6 Å². The minimum atomic E-state index is -0.570. The Morgan fingerprint density at radius 3 is 2.52 bits per heavy atom. The SMILES string of the molecule is O=C(OCCN1CCOCC1)c1ccc(F)c(OC2(c3ccccc3)CCCCC2)c1. The van der Waals surface area contributed by atoms with Crippen molar-refractivity contribution in [2.24, 2.45) is 0 Å². The topological polar surface area (TPSA) is 48.0 Å². The third-order valence-electron chi connectivity index (χ3n) is 6.18. The molecule has 0 bridgehead atoms. The molecule has 0 radical (unpaired) electrons. The molecule has 31 heavy (non-hydrogen) atoms. The van der Waals surface area contributed by atoms with Gasteiger partial charge in [-0.2, -0.15) is 0 Å². The summed E-state index contributed by atoms with van der Waals surface area (Å²) in [6.45, 7) is 4.05. The molecule has 0 N–H and O–H groups in total. The second-order valence-electron chi connectivity index (χ2n) is 8.26. The van der Waals surface area contributed by atoms with E-state index < -0.39 is 17.4 Å². The van der Waals surface area contributed by atoms with Crippen molar-refractivity contribution < 1.29 is 23.4 Å². The predicted octanol–water partition coefficient (Wildman–Crippen LogP) is 4.55. The van der Waals surface area contributed by atoms with E-state index in [0.717, 1.165) is 50.8 Å². The quantitative estimate of drug-likeness (QED) is 0.607. The number of hydrogen-bond donors (Lipinski definition) is 0. The van der Waals surface area contributed by atoms with Crippen LogP contribution in [0.25, 0.3) is 0 Å². The molecule has 0 aromatic heterocycles. The van der Waals surface area contributed by atoms with Crippen LogP contribution < -0.4 is 4.74 Å². The Morgan fingerprint density at radius 1 is 1.03 bits per heavy atom. The minimum absolute atomic E-state index is 0.105. The molecule has 2 aromatic rings. The number of esters is 1. The molecule has 0 spiro atoms. The van der Waals surface area contributed by atoms with Crippen LogP contribution in [-0.2, 0) is 15.1 Å². The molecule has 5 nitrogen and oxygen atoms in total. The van der Waals surface area contributed by atoms with Gasteiger partial charge in [-0.25, -0.2) is 9.18 Å². The van der Waals surface area contributed by atoms with E-state index in [2.05, 4.69) is 4.90 Å². The molecule has 2 aromatic carbocycles. The molecule has 1 heterocycles. The first-order valence-electron chi connectivity index (χ1n) is 11.2. The van der Waals surface area contributed by atoms with E-state index in [1.54, 1.807) is 0 Å². The highest BCUT2D eigenvalue weighted by Crippen LogP contribution is 2.41. The number of hydrogen-bond acceptors (Lipinski definition) is 5. The van der Waals surface area contributed by atoms with Crippen LogP contribution >= 0.6 is 0 Å². The Balaban J connectivity index is 1.45. The molecule has 1 aliphatic carbocycles. The van der Waals surface area contributed by atoms with Crippen LogP contribution in [0.3, 0.4) is 0 Å². The van der Waals surface area contributed by atoms with Crippen LogP contribution in [0.15, 0.2) is 48.5 Å². The van der Waals surface area contributed by atoms with Crippen molar-refractivity contribution in [3.63, 3.8) is 0 Å². The lowest BCUT2D eigenvalue weighted by molar-refractivity contribution is 0.0185. The predicted molar refractivity (Wildman–Crippen MR) is 116 cm³/mol. The monoisotopic (exact) mass is 427 g/mol. The lowest BCUT2D eigenvalue weighted by atomic mass is 9.79. The van der Waals surface area contributed by atoms with Gasteiger partial charge >= 0.3 is 5.97 Å². The number of benzene rings is 2. The molecule has 2 fully saturated rings. The van der Waals surface area contributed by atoms with Crippen molar-refractivity contribution in [3.05, 3.63) is 65.5 Å². The molecular weight excluding hydrogens is 397 g/mol. The second kappa shape index (κ2) is 10.2. The fourth-order valence-corrected chi connectivity index (χ4v) is 4.41. The highest BCUT2D eigenvalue weighted by molar-refractivity contribution is 5.89. The van der Waals surface area contributed by atoms with Gasteiger partial charge in [-0.15, -0.1) is 0 Å². The Morgan fingerprint density at radius 2 is 1.77 bits per heavy atom. The molecule has 1 saturated carbocycles. The molecule has 2 aliphatic rings. The van der Waals surface area contributed by atoms with E-state index in [4.69, 9.17) is 14.2 Å². The highest BCUT2D eigenvalue weighted by Gasteiger charge is 2.37. The van der Waals surface area contributed by atoms with E-state index in [0.29, 0.717) is 31.9 Å². The molecule has 6 heteroatoms. The van der Waals surface area contributed by atoms with Gasteiger partial charge in [-0.1, -0.05) is 36.8 Å². The zero-order chi connectivity index (χ0) is 21.5. The third kappa shape index (κ3) is 5.43. The van der Waals surface area contributed by atoms with E-state index >= 15 is 0 Å². The Labute approximate surface area is 183 Å². The van der Waals surface area contributed by atoms with E-state index in [-0.39, 0.29) is 5.75 Å². The number of morpholine rings is 1. The average molecular weight is 428 g/mol. The number of carbonyl (C=O) groups excluding carboxylic acids is 1. The summed E-state index contributed by atoms with van der Waals surface area (Å²) in [4.78, 5) is 14.7. The maximum absolute atomic E-state index is 14.7. The lowest BCUT2D eigenvalue weighted by Gasteiger charge is -2.38. The molecule has 166 valence electrons. The standard InChI is InChI=1S/C25H30FNO4/c26-22-10-9-20(24(28)30-18-15-27-13-16-29-17-14-27)19-23(22)31-25(11-5-2-6-12-25)21-7-3-1-4-8-21/h1,3-4,7-10,19H,2,5-6,11-18H2. The molecule has 0 atom stereocenters. The van der Waals surface area contributed by atoms with Crippen molar-refractivity contribution in [3.8, 4) is 5.75 Å². The third-order valence-corrected chi connectivity index (χ3v) is 6.18. The van der Waals surface area contributed by atoms with Crippen LogP contribution in [0.5, 0.6) is 5.75 Å². The number of carbonyl (C=O) groups is 1. The van der Waals surface area contributed by atoms with E-state index in [9.17, 15) is 9.18 Å². The lowest BCUT2D eigenvalue weighted by Crippen LogP contribution is -2.38. The van der Waals surface area contributed by atoms with Crippen LogP contribution in [0.4, 0.5) is 4.39 Å². The minimum Gasteiger partial charge on any atom is -0.479 e. The summed E-state index contributed by atoms with van der Waals surface area (Å²) in [6.07, 6.45) is 4.85. The van der Waals surface area contributed by atoms with Gasteiger partial charge in [0.05, 0.1) is 18.8 Å². The van der Waals surface area contributed by atoms with Crippen molar-refractivity contribution in [1.29, 1.82) is 0 Å². The summed E-state index contributed by atoms with van der Waals surface area (Å²) in [5.41, 5.74) is 0.782. The van der Waals surface area contributed by atoms with Crippen LogP contribution in [0.2, 0.25) is 0 Å². The first-order chi connectivity index (χ1) is 15.2. The zero-order valence-electron chi connectivity index (χ0n) is 17.9. The summed E-state index contributed by atoms with van der Waals surface area (Å²) >= 11 is 0. The summed E-state index contributed by atoms with van der Waals surface area (Å²) < 4.78 is 31.8. The largest absolute Gasteiger partial charge is 0.479 e. The van der Waals surface area contributed by atoms with E-state index in [1.165, 1.54) is 18.2 Å². The number of ether oxygens (including phenoxy) is 3. The Bertz CT molecular complexity index is 861. The molecule has 1 saturated heterocycles. The average Bonchev–Trinajstić information content (AvgIpc) is 2.82. The maximum atomic E-state index is 14.7. The van der Waals surface area contributed by atoms with Gasteiger partial charge in [0.15, 0.2) is 11.6 Å². The summed E-state index contributed by atoms with van der Waals surface area (Å²) in [5, 5.41) is 0. The van der Waals surface area contributed by atoms with Gasteiger partial charge in [0.25, 0.3) is 0 Å². The highest BCUT2D eigenvalue weighted by atomic mass is 19.1. The van der Waals surface area contributed by atoms with Gasteiger partial charge in [0.2, 0.25) is 0 Å².